The van der Waals surface area contributed by atoms with Gasteiger partial charge >= 0.3 is 5.97 Å². The molecule has 7 nitrogen and oxygen atoms in total. The Morgan fingerprint density at radius 2 is 1.96 bits per heavy atom. The molecule has 27 heavy (non-hydrogen) atoms. The zero-order valence-corrected chi connectivity index (χ0v) is 14.6. The molecule has 4 rings (SSSR count). The summed E-state index contributed by atoms with van der Waals surface area (Å²) < 4.78 is 21.0. The Labute approximate surface area is 154 Å². The number of ether oxygens (including phenoxy) is 3. The summed E-state index contributed by atoms with van der Waals surface area (Å²) in [5.41, 5.74) is 3.06. The minimum absolute atomic E-state index is 0.0351. The number of hydrogen-bond donors (Lipinski definition) is 1. The predicted octanol–water partition coefficient (Wildman–Crippen LogP) is 3.19. The maximum Gasteiger partial charge on any atom is 0.310 e. The Balaban J connectivity index is 1.31. The molecule has 138 valence electrons. The summed E-state index contributed by atoms with van der Waals surface area (Å²) in [6, 6.07) is 10.8. The number of anilines is 1. The fourth-order valence-corrected chi connectivity index (χ4v) is 2.85. The first-order valence-corrected chi connectivity index (χ1v) is 8.40. The first-order chi connectivity index (χ1) is 13.1. The van der Waals surface area contributed by atoms with Gasteiger partial charge in [0.2, 0.25) is 6.79 Å². The number of furan rings is 1. The minimum atomic E-state index is -0.501. The number of carbonyl (C=O) groups is 2. The van der Waals surface area contributed by atoms with E-state index in [4.69, 9.17) is 18.6 Å². The lowest BCUT2D eigenvalue weighted by atomic mass is 10.1. The van der Waals surface area contributed by atoms with Gasteiger partial charge in [-0.3, -0.25) is 9.59 Å². The van der Waals surface area contributed by atoms with Gasteiger partial charge in [-0.2, -0.15) is 0 Å². The second kappa shape index (κ2) is 7.03. The van der Waals surface area contributed by atoms with Crippen molar-refractivity contribution in [1.29, 1.82) is 0 Å². The van der Waals surface area contributed by atoms with E-state index < -0.39 is 11.9 Å². The minimum Gasteiger partial charge on any atom is -0.464 e. The van der Waals surface area contributed by atoms with Crippen molar-refractivity contribution in [3.63, 3.8) is 0 Å². The van der Waals surface area contributed by atoms with E-state index in [0.29, 0.717) is 17.2 Å². The largest absolute Gasteiger partial charge is 0.464 e. The Kier molecular flexibility index (Phi) is 4.42. The summed E-state index contributed by atoms with van der Waals surface area (Å²) in [6.07, 6.45) is 1.57. The summed E-state index contributed by atoms with van der Waals surface area (Å²) in [4.78, 5) is 24.0. The number of hydrogen-bond acceptors (Lipinski definition) is 6. The van der Waals surface area contributed by atoms with Crippen LogP contribution >= 0.6 is 0 Å². The zero-order chi connectivity index (χ0) is 18.8. The molecule has 1 aliphatic rings. The van der Waals surface area contributed by atoms with Gasteiger partial charge < -0.3 is 23.9 Å². The molecule has 1 aromatic heterocycles. The molecule has 1 aliphatic heterocycles. The van der Waals surface area contributed by atoms with Crippen molar-refractivity contribution in [3.05, 3.63) is 53.8 Å². The molecule has 3 aromatic rings. The van der Waals surface area contributed by atoms with Crippen LogP contribution in [-0.4, -0.2) is 25.3 Å². The standard InChI is InChI=1S/C20H17NO6/c1-12-2-4-15-13(9-24-17(15)6-12)7-20(23)25-10-19(22)21-14-3-5-16-18(8-14)27-11-26-16/h2-6,8-9H,7,10-11H2,1H3,(H,21,22). The molecule has 0 bridgehead atoms. The third-order valence-electron chi connectivity index (χ3n) is 4.17. The lowest BCUT2D eigenvalue weighted by Gasteiger charge is -2.07. The third-order valence-corrected chi connectivity index (χ3v) is 4.17. The highest BCUT2D eigenvalue weighted by Crippen LogP contribution is 2.34. The second-order valence-corrected chi connectivity index (χ2v) is 6.21. The first-order valence-electron chi connectivity index (χ1n) is 8.40. The molecule has 0 fully saturated rings. The van der Waals surface area contributed by atoms with Crippen LogP contribution in [0.25, 0.3) is 11.0 Å². The van der Waals surface area contributed by atoms with E-state index >= 15 is 0 Å². The quantitative estimate of drug-likeness (QED) is 0.697. The predicted molar refractivity (Wildman–Crippen MR) is 96.8 cm³/mol. The monoisotopic (exact) mass is 367 g/mol. The molecule has 0 atom stereocenters. The summed E-state index contributed by atoms with van der Waals surface area (Å²) in [6.45, 7) is 1.75. The molecule has 0 unspecified atom stereocenters. The van der Waals surface area contributed by atoms with E-state index in [-0.39, 0.29) is 19.8 Å². The van der Waals surface area contributed by atoms with Crippen molar-refractivity contribution in [3.8, 4) is 11.5 Å². The van der Waals surface area contributed by atoms with Gasteiger partial charge in [0, 0.05) is 22.7 Å². The van der Waals surface area contributed by atoms with E-state index in [1.165, 1.54) is 6.26 Å². The average Bonchev–Trinajstić information content (AvgIpc) is 3.26. The molecule has 2 aromatic carbocycles. The normalized spacial score (nSPS) is 12.2. The van der Waals surface area contributed by atoms with Crippen LogP contribution in [-0.2, 0) is 20.7 Å². The molecular formula is C20H17NO6. The Morgan fingerprint density at radius 1 is 1.11 bits per heavy atom. The van der Waals surface area contributed by atoms with Gasteiger partial charge in [-0.1, -0.05) is 12.1 Å². The van der Waals surface area contributed by atoms with Crippen molar-refractivity contribution in [1.82, 2.24) is 0 Å². The maximum absolute atomic E-state index is 12.1. The van der Waals surface area contributed by atoms with E-state index in [9.17, 15) is 9.59 Å². The fraction of sp³-hybridized carbons (Fsp3) is 0.200. The van der Waals surface area contributed by atoms with Crippen molar-refractivity contribution in [2.24, 2.45) is 0 Å². The van der Waals surface area contributed by atoms with Crippen LogP contribution in [0.2, 0.25) is 0 Å². The van der Waals surface area contributed by atoms with Gasteiger partial charge in [0.05, 0.1) is 12.7 Å². The number of esters is 1. The van der Waals surface area contributed by atoms with Crippen molar-refractivity contribution >= 4 is 28.5 Å². The lowest BCUT2D eigenvalue weighted by Crippen LogP contribution is -2.21. The Bertz CT molecular complexity index is 1020. The summed E-state index contributed by atoms with van der Waals surface area (Å²) in [5.74, 6) is 0.253. The molecule has 0 saturated heterocycles. The molecular weight excluding hydrogens is 350 g/mol. The van der Waals surface area contributed by atoms with Crippen LogP contribution in [0.5, 0.6) is 11.5 Å². The third kappa shape index (κ3) is 3.72. The zero-order valence-electron chi connectivity index (χ0n) is 14.6. The van der Waals surface area contributed by atoms with E-state index in [1.807, 2.05) is 25.1 Å². The SMILES string of the molecule is Cc1ccc2c(CC(=O)OCC(=O)Nc3ccc4c(c3)OCO4)coc2c1. The van der Waals surface area contributed by atoms with Crippen molar-refractivity contribution in [2.75, 3.05) is 18.7 Å². The van der Waals surface area contributed by atoms with Crippen LogP contribution < -0.4 is 14.8 Å². The van der Waals surface area contributed by atoms with Gasteiger partial charge in [-0.25, -0.2) is 0 Å². The van der Waals surface area contributed by atoms with Gasteiger partial charge in [0.25, 0.3) is 5.91 Å². The number of nitrogens with one attached hydrogen (secondary N) is 1. The highest BCUT2D eigenvalue weighted by Gasteiger charge is 2.16. The van der Waals surface area contributed by atoms with Crippen LogP contribution in [0.15, 0.2) is 47.1 Å². The first kappa shape index (κ1) is 17.0. The van der Waals surface area contributed by atoms with Crippen LogP contribution in [0.3, 0.4) is 0 Å². The average molecular weight is 367 g/mol. The van der Waals surface area contributed by atoms with Gasteiger partial charge in [0.15, 0.2) is 18.1 Å². The molecule has 0 radical (unpaired) electrons. The van der Waals surface area contributed by atoms with Gasteiger partial charge in [0.1, 0.15) is 5.58 Å². The number of aryl methyl sites for hydroxylation is 1. The molecule has 0 spiro atoms. The topological polar surface area (TPSA) is 87.0 Å². The molecule has 1 N–H and O–H groups in total. The lowest BCUT2D eigenvalue weighted by molar-refractivity contribution is -0.146. The Hall–Kier alpha value is -3.48. The second-order valence-electron chi connectivity index (χ2n) is 6.21. The van der Waals surface area contributed by atoms with Gasteiger partial charge in [-0.05, 0) is 30.7 Å². The van der Waals surface area contributed by atoms with E-state index in [1.54, 1.807) is 18.2 Å². The van der Waals surface area contributed by atoms with Gasteiger partial charge in [-0.15, -0.1) is 0 Å². The fourth-order valence-electron chi connectivity index (χ4n) is 2.85. The maximum atomic E-state index is 12.1. The number of fused-ring (bicyclic) bond motifs is 2. The van der Waals surface area contributed by atoms with E-state index in [0.717, 1.165) is 22.1 Å². The molecule has 2 heterocycles. The summed E-state index contributed by atoms with van der Waals surface area (Å²) in [5, 5.41) is 3.51. The molecule has 1 amide bonds. The van der Waals surface area contributed by atoms with Crippen LogP contribution in [0.4, 0.5) is 5.69 Å². The van der Waals surface area contributed by atoms with Crippen LogP contribution in [0, 0.1) is 6.92 Å². The number of benzene rings is 2. The molecule has 0 aliphatic carbocycles. The molecule has 0 saturated carbocycles. The Morgan fingerprint density at radius 3 is 2.85 bits per heavy atom. The van der Waals surface area contributed by atoms with Crippen molar-refractivity contribution < 1.29 is 28.2 Å². The number of amides is 1. The van der Waals surface area contributed by atoms with Crippen molar-refractivity contribution in [2.45, 2.75) is 13.3 Å². The number of carbonyl (C=O) groups excluding carboxylic acids is 2. The summed E-state index contributed by atoms with van der Waals surface area (Å²) >= 11 is 0. The smallest absolute Gasteiger partial charge is 0.310 e. The number of rotatable bonds is 5. The molecule has 7 heteroatoms. The highest BCUT2D eigenvalue weighted by atomic mass is 16.7. The highest BCUT2D eigenvalue weighted by molar-refractivity contribution is 5.93. The van der Waals surface area contributed by atoms with E-state index in [2.05, 4.69) is 5.32 Å². The van der Waals surface area contributed by atoms with Crippen LogP contribution in [0.1, 0.15) is 11.1 Å². The summed E-state index contributed by atoms with van der Waals surface area (Å²) in [7, 11) is 0.